The zero-order valence-corrected chi connectivity index (χ0v) is 15.2. The van der Waals surface area contributed by atoms with Crippen LogP contribution < -0.4 is 4.90 Å². The van der Waals surface area contributed by atoms with Crippen molar-refractivity contribution >= 4 is 11.7 Å². The van der Waals surface area contributed by atoms with Gasteiger partial charge in [-0.05, 0) is 62.5 Å². The highest BCUT2D eigenvalue weighted by molar-refractivity contribution is 5.80. The summed E-state index contributed by atoms with van der Waals surface area (Å²) < 4.78 is 0. The molecule has 4 rings (SSSR count). The molecule has 0 unspecified atom stereocenters. The molecule has 0 spiro atoms. The van der Waals surface area contributed by atoms with Gasteiger partial charge < -0.3 is 9.80 Å². The Morgan fingerprint density at radius 2 is 2.08 bits per heavy atom. The molecule has 4 nitrogen and oxygen atoms in total. The first-order valence-corrected chi connectivity index (χ1v) is 9.87. The van der Waals surface area contributed by atoms with Gasteiger partial charge in [-0.15, -0.1) is 0 Å². The number of hydrogen-bond acceptors (Lipinski definition) is 3. The number of carbonyl (C=O) groups excluding carboxylic acids is 1. The predicted molar refractivity (Wildman–Crippen MR) is 100 cm³/mol. The van der Waals surface area contributed by atoms with Crippen LogP contribution in [-0.4, -0.2) is 42.0 Å². The lowest BCUT2D eigenvalue weighted by molar-refractivity contribution is -0.136. The summed E-state index contributed by atoms with van der Waals surface area (Å²) in [5.41, 5.74) is 0. The van der Waals surface area contributed by atoms with Crippen LogP contribution in [0.1, 0.15) is 32.6 Å². The Kier molecular flexibility index (Phi) is 4.78. The van der Waals surface area contributed by atoms with Crippen LogP contribution in [0.25, 0.3) is 0 Å². The van der Waals surface area contributed by atoms with Crippen molar-refractivity contribution in [2.45, 2.75) is 32.6 Å². The lowest BCUT2D eigenvalue weighted by atomic mass is 9.91. The number of pyridine rings is 1. The van der Waals surface area contributed by atoms with Gasteiger partial charge in [-0.1, -0.05) is 18.2 Å². The maximum atomic E-state index is 13.0. The highest BCUT2D eigenvalue weighted by Crippen LogP contribution is 2.44. The van der Waals surface area contributed by atoms with E-state index in [2.05, 4.69) is 46.0 Å². The summed E-state index contributed by atoms with van der Waals surface area (Å²) in [5, 5.41) is 0. The third-order valence-corrected chi connectivity index (χ3v) is 6.36. The van der Waals surface area contributed by atoms with Crippen molar-refractivity contribution in [3.05, 3.63) is 36.5 Å². The monoisotopic (exact) mass is 339 g/mol. The molecule has 1 saturated carbocycles. The van der Waals surface area contributed by atoms with E-state index in [1.807, 2.05) is 12.3 Å². The molecule has 2 heterocycles. The minimum Gasteiger partial charge on any atom is -0.357 e. The Bertz CT molecular complexity index is 621. The second-order valence-electron chi connectivity index (χ2n) is 7.88. The predicted octanol–water partition coefficient (Wildman–Crippen LogP) is 3.36. The molecule has 134 valence electrons. The number of anilines is 1. The standard InChI is InChI=1S/C21H29N3O/c1-2-23(21(25)19-14-17-6-7-18(19)13-17)15-16-8-11-24(12-9-16)20-5-3-4-10-22-20/h3-7,10,16-19H,2,8-9,11-15H2,1H3/t17-,18-,19-/m0/s1. The SMILES string of the molecule is CCN(CC1CCN(c2ccccn2)CC1)C(=O)[C@H]1C[C@H]2C=C[C@H]1C2. The number of fused-ring (bicyclic) bond motifs is 2. The van der Waals surface area contributed by atoms with Gasteiger partial charge in [0, 0.05) is 38.3 Å². The number of carbonyl (C=O) groups is 1. The van der Waals surface area contributed by atoms with Gasteiger partial charge in [-0.3, -0.25) is 4.79 Å². The first kappa shape index (κ1) is 16.6. The molecule has 0 radical (unpaired) electrons. The fourth-order valence-corrected chi connectivity index (χ4v) is 4.87. The number of allylic oxidation sites excluding steroid dienone is 2. The maximum absolute atomic E-state index is 13.0. The molecule has 0 N–H and O–H groups in total. The number of rotatable bonds is 5. The highest BCUT2D eigenvalue weighted by atomic mass is 16.2. The topological polar surface area (TPSA) is 36.4 Å². The van der Waals surface area contributed by atoms with Gasteiger partial charge in [0.05, 0.1) is 0 Å². The van der Waals surface area contributed by atoms with Crippen LogP contribution >= 0.6 is 0 Å². The largest absolute Gasteiger partial charge is 0.357 e. The smallest absolute Gasteiger partial charge is 0.226 e. The fraction of sp³-hybridized carbons (Fsp3) is 0.619. The third kappa shape index (κ3) is 3.44. The lowest BCUT2D eigenvalue weighted by Crippen LogP contribution is -2.43. The van der Waals surface area contributed by atoms with Gasteiger partial charge in [0.15, 0.2) is 0 Å². The van der Waals surface area contributed by atoms with Crippen LogP contribution in [-0.2, 0) is 4.79 Å². The van der Waals surface area contributed by atoms with Crippen molar-refractivity contribution in [3.8, 4) is 0 Å². The fourth-order valence-electron chi connectivity index (χ4n) is 4.87. The first-order chi connectivity index (χ1) is 12.2. The normalized spacial score (nSPS) is 28.5. The number of amides is 1. The molecule has 1 aromatic rings. The van der Waals surface area contributed by atoms with Crippen molar-refractivity contribution < 1.29 is 4.79 Å². The van der Waals surface area contributed by atoms with E-state index >= 15 is 0 Å². The van der Waals surface area contributed by atoms with Crippen LogP contribution in [0.15, 0.2) is 36.5 Å². The van der Waals surface area contributed by atoms with E-state index in [-0.39, 0.29) is 5.92 Å². The van der Waals surface area contributed by atoms with Crippen LogP contribution in [0.4, 0.5) is 5.82 Å². The van der Waals surface area contributed by atoms with Crippen LogP contribution in [0.2, 0.25) is 0 Å². The molecular weight excluding hydrogens is 310 g/mol. The molecule has 4 heteroatoms. The summed E-state index contributed by atoms with van der Waals surface area (Å²) in [7, 11) is 0. The lowest BCUT2D eigenvalue weighted by Gasteiger charge is -2.36. The summed E-state index contributed by atoms with van der Waals surface area (Å²) >= 11 is 0. The minimum absolute atomic E-state index is 0.253. The molecule has 2 fully saturated rings. The molecule has 1 saturated heterocycles. The number of piperidine rings is 1. The second-order valence-corrected chi connectivity index (χ2v) is 7.88. The zero-order valence-electron chi connectivity index (χ0n) is 15.2. The molecule has 25 heavy (non-hydrogen) atoms. The van der Waals surface area contributed by atoms with E-state index in [0.717, 1.165) is 51.3 Å². The number of hydrogen-bond donors (Lipinski definition) is 0. The summed E-state index contributed by atoms with van der Waals surface area (Å²) in [4.78, 5) is 22.0. The van der Waals surface area contributed by atoms with Gasteiger partial charge >= 0.3 is 0 Å². The van der Waals surface area contributed by atoms with Crippen LogP contribution in [0.5, 0.6) is 0 Å². The molecule has 2 bridgehead atoms. The van der Waals surface area contributed by atoms with E-state index in [1.165, 1.54) is 6.42 Å². The van der Waals surface area contributed by atoms with Gasteiger partial charge in [-0.2, -0.15) is 0 Å². The molecule has 2 aliphatic carbocycles. The van der Waals surface area contributed by atoms with Crippen molar-refractivity contribution in [1.82, 2.24) is 9.88 Å². The van der Waals surface area contributed by atoms with E-state index < -0.39 is 0 Å². The van der Waals surface area contributed by atoms with Crippen LogP contribution in [0, 0.1) is 23.7 Å². The molecule has 3 atom stereocenters. The Morgan fingerprint density at radius 1 is 1.24 bits per heavy atom. The average Bonchev–Trinajstić information content (AvgIpc) is 3.30. The van der Waals surface area contributed by atoms with Crippen molar-refractivity contribution in [2.75, 3.05) is 31.1 Å². The van der Waals surface area contributed by atoms with Gasteiger partial charge in [0.2, 0.25) is 5.91 Å². The van der Waals surface area contributed by atoms with E-state index in [4.69, 9.17) is 0 Å². The van der Waals surface area contributed by atoms with Gasteiger partial charge in [-0.25, -0.2) is 4.98 Å². The third-order valence-electron chi connectivity index (χ3n) is 6.36. The van der Waals surface area contributed by atoms with Crippen molar-refractivity contribution in [2.24, 2.45) is 23.7 Å². The molecule has 1 aromatic heterocycles. The van der Waals surface area contributed by atoms with E-state index in [1.54, 1.807) is 0 Å². The van der Waals surface area contributed by atoms with Gasteiger partial charge in [0.25, 0.3) is 0 Å². The van der Waals surface area contributed by atoms with Crippen LogP contribution in [0.3, 0.4) is 0 Å². The van der Waals surface area contributed by atoms with E-state index in [9.17, 15) is 4.79 Å². The molecule has 3 aliphatic rings. The van der Waals surface area contributed by atoms with Crippen molar-refractivity contribution in [3.63, 3.8) is 0 Å². The summed E-state index contributed by atoms with van der Waals surface area (Å²) in [6.07, 6.45) is 11.1. The Balaban J connectivity index is 1.31. The first-order valence-electron chi connectivity index (χ1n) is 9.87. The molecular formula is C21H29N3O. The number of aromatic nitrogens is 1. The quantitative estimate of drug-likeness (QED) is 0.772. The molecule has 1 aliphatic heterocycles. The Labute approximate surface area is 150 Å². The minimum atomic E-state index is 0.253. The number of nitrogens with zero attached hydrogens (tertiary/aromatic N) is 3. The molecule has 0 aromatic carbocycles. The Morgan fingerprint density at radius 3 is 2.68 bits per heavy atom. The van der Waals surface area contributed by atoms with Gasteiger partial charge in [0.1, 0.15) is 5.82 Å². The highest BCUT2D eigenvalue weighted by Gasteiger charge is 2.41. The second kappa shape index (κ2) is 7.19. The summed E-state index contributed by atoms with van der Waals surface area (Å²) in [5.74, 6) is 3.54. The molecule has 1 amide bonds. The summed E-state index contributed by atoms with van der Waals surface area (Å²) in [6, 6.07) is 6.10. The maximum Gasteiger partial charge on any atom is 0.226 e. The zero-order chi connectivity index (χ0) is 17.2. The van der Waals surface area contributed by atoms with E-state index in [0.29, 0.717) is 23.7 Å². The summed E-state index contributed by atoms with van der Waals surface area (Å²) in [6.45, 7) is 6.00. The Hall–Kier alpha value is -1.84. The average molecular weight is 339 g/mol. The van der Waals surface area contributed by atoms with Crippen molar-refractivity contribution in [1.29, 1.82) is 0 Å².